The second-order valence-corrected chi connectivity index (χ2v) is 7.26. The van der Waals surface area contributed by atoms with Crippen molar-refractivity contribution in [1.29, 1.82) is 0 Å². The van der Waals surface area contributed by atoms with E-state index in [2.05, 4.69) is 40.5 Å². The predicted octanol–water partition coefficient (Wildman–Crippen LogP) is 3.75. The zero-order valence-corrected chi connectivity index (χ0v) is 15.4. The molecule has 2 aromatic rings. The lowest BCUT2D eigenvalue weighted by Gasteiger charge is -2.29. The Kier molecular flexibility index (Phi) is 4.64. The fourth-order valence-electron chi connectivity index (χ4n) is 3.93. The molecular formula is C21H25N3O2. The highest BCUT2D eigenvalue weighted by atomic mass is 16.5. The summed E-state index contributed by atoms with van der Waals surface area (Å²) in [5.41, 5.74) is 5.20. The number of rotatable bonds is 2. The van der Waals surface area contributed by atoms with Gasteiger partial charge in [0.25, 0.3) is 5.91 Å². The highest BCUT2D eigenvalue weighted by Crippen LogP contribution is 2.31. The van der Waals surface area contributed by atoms with Crippen LogP contribution in [-0.2, 0) is 11.2 Å². The number of piperidine rings is 1. The highest BCUT2D eigenvalue weighted by Gasteiger charge is 2.32. The van der Waals surface area contributed by atoms with Gasteiger partial charge in [-0.1, -0.05) is 42.0 Å². The Hall–Kier alpha value is -2.40. The van der Waals surface area contributed by atoms with Gasteiger partial charge in [-0.3, -0.25) is 9.89 Å². The normalized spacial score (nSPS) is 22.8. The molecule has 3 heterocycles. The number of likely N-dealkylation sites (tertiary alicyclic amines) is 1. The van der Waals surface area contributed by atoms with Gasteiger partial charge in [-0.15, -0.1) is 0 Å². The first-order valence-corrected chi connectivity index (χ1v) is 9.38. The summed E-state index contributed by atoms with van der Waals surface area (Å²) < 4.78 is 5.82. The van der Waals surface area contributed by atoms with E-state index in [1.165, 1.54) is 11.1 Å². The first-order chi connectivity index (χ1) is 12.6. The molecule has 5 nitrogen and oxygen atoms in total. The fourth-order valence-corrected chi connectivity index (χ4v) is 3.93. The number of hydrogen-bond donors (Lipinski definition) is 1. The lowest BCUT2D eigenvalue weighted by Crippen LogP contribution is -2.37. The lowest BCUT2D eigenvalue weighted by molar-refractivity contribution is -0.00702. The van der Waals surface area contributed by atoms with Gasteiger partial charge < -0.3 is 9.64 Å². The van der Waals surface area contributed by atoms with Gasteiger partial charge >= 0.3 is 0 Å². The van der Waals surface area contributed by atoms with E-state index in [0.29, 0.717) is 5.69 Å². The highest BCUT2D eigenvalue weighted by molar-refractivity contribution is 5.94. The van der Waals surface area contributed by atoms with Crippen LogP contribution in [0.4, 0.5) is 0 Å². The van der Waals surface area contributed by atoms with E-state index in [1.807, 2.05) is 24.8 Å². The summed E-state index contributed by atoms with van der Waals surface area (Å²) in [4.78, 5) is 14.9. The van der Waals surface area contributed by atoms with Crippen LogP contribution in [0.15, 0.2) is 35.9 Å². The third-order valence-electron chi connectivity index (χ3n) is 5.30. The van der Waals surface area contributed by atoms with Crippen molar-refractivity contribution in [3.63, 3.8) is 0 Å². The molecular weight excluding hydrogens is 326 g/mol. The van der Waals surface area contributed by atoms with Crippen LogP contribution in [0.3, 0.4) is 0 Å². The van der Waals surface area contributed by atoms with Crippen molar-refractivity contribution in [3.05, 3.63) is 58.4 Å². The molecule has 136 valence electrons. The maximum atomic E-state index is 13.0. The summed E-state index contributed by atoms with van der Waals surface area (Å²) in [5.74, 6) is 0.0440. The van der Waals surface area contributed by atoms with Crippen molar-refractivity contribution < 1.29 is 9.53 Å². The summed E-state index contributed by atoms with van der Waals surface area (Å²) in [6, 6.07) is 10.4. The average Bonchev–Trinajstić information content (AvgIpc) is 3.07. The lowest BCUT2D eigenvalue weighted by atomic mass is 9.98. The number of nitrogens with one attached hydrogen (secondary N) is 1. The number of aromatic amines is 1. The number of nitrogens with zero attached hydrogens (tertiary/aromatic N) is 2. The molecule has 0 bridgehead atoms. The van der Waals surface area contributed by atoms with Crippen LogP contribution in [0.1, 0.15) is 60.1 Å². The second-order valence-electron chi connectivity index (χ2n) is 7.26. The van der Waals surface area contributed by atoms with Gasteiger partial charge in [0.05, 0.1) is 17.9 Å². The van der Waals surface area contributed by atoms with Crippen molar-refractivity contribution in [2.45, 2.75) is 45.3 Å². The number of benzene rings is 1. The molecule has 5 heteroatoms. The molecule has 1 amide bonds. The molecule has 1 fully saturated rings. The van der Waals surface area contributed by atoms with Gasteiger partial charge in [-0.05, 0) is 32.3 Å². The average molecular weight is 351 g/mol. The van der Waals surface area contributed by atoms with Gasteiger partial charge in [0.2, 0.25) is 0 Å². The number of aromatic nitrogens is 2. The Labute approximate surface area is 154 Å². The molecule has 4 rings (SSSR count). The molecule has 1 N–H and O–H groups in total. The summed E-state index contributed by atoms with van der Waals surface area (Å²) in [6.07, 6.45) is 4.91. The summed E-state index contributed by atoms with van der Waals surface area (Å²) in [6.45, 7) is 5.55. The largest absolute Gasteiger partial charge is 0.369 e. The van der Waals surface area contributed by atoms with E-state index in [4.69, 9.17) is 4.74 Å². The van der Waals surface area contributed by atoms with Crippen LogP contribution in [0, 0.1) is 0 Å². The number of fused-ring (bicyclic) bond motifs is 1. The van der Waals surface area contributed by atoms with Crippen LogP contribution in [0.5, 0.6) is 0 Å². The van der Waals surface area contributed by atoms with Gasteiger partial charge in [0.1, 0.15) is 0 Å². The van der Waals surface area contributed by atoms with Gasteiger partial charge in [0, 0.05) is 25.1 Å². The van der Waals surface area contributed by atoms with Crippen molar-refractivity contribution in [1.82, 2.24) is 15.1 Å². The van der Waals surface area contributed by atoms with Crippen LogP contribution in [-0.4, -0.2) is 40.2 Å². The third kappa shape index (κ3) is 3.31. The van der Waals surface area contributed by atoms with Crippen LogP contribution in [0.25, 0.3) is 6.08 Å². The van der Waals surface area contributed by atoms with Crippen LogP contribution in [0.2, 0.25) is 0 Å². The van der Waals surface area contributed by atoms with Gasteiger partial charge in [0.15, 0.2) is 5.69 Å². The molecule has 0 saturated carbocycles. The Morgan fingerprint density at radius 1 is 1.23 bits per heavy atom. The number of amides is 1. The Morgan fingerprint density at radius 2 is 1.96 bits per heavy atom. The van der Waals surface area contributed by atoms with E-state index in [-0.39, 0.29) is 18.1 Å². The van der Waals surface area contributed by atoms with Crippen molar-refractivity contribution in [2.24, 2.45) is 0 Å². The first-order valence-electron chi connectivity index (χ1n) is 9.38. The standard InChI is InChI=1S/C21H25N3O2/c1-14-12-18-19(15(2)26-14)22-23-20(18)21(25)24-10-8-17(9-11-24)13-16-6-4-3-5-7-16/h3-7,13-15H,8-12H2,1-2H3,(H,22,23)/t14-,15+/m1/s1. The number of H-pyrrole nitrogens is 1. The smallest absolute Gasteiger partial charge is 0.274 e. The summed E-state index contributed by atoms with van der Waals surface area (Å²) >= 11 is 0. The van der Waals surface area contributed by atoms with E-state index in [1.54, 1.807) is 0 Å². The van der Waals surface area contributed by atoms with Crippen LogP contribution < -0.4 is 0 Å². The summed E-state index contributed by atoms with van der Waals surface area (Å²) in [5, 5.41) is 7.36. The number of carbonyl (C=O) groups is 1. The molecule has 1 aromatic carbocycles. The molecule has 0 radical (unpaired) electrons. The van der Waals surface area contributed by atoms with Gasteiger partial charge in [-0.2, -0.15) is 5.10 Å². The third-order valence-corrected chi connectivity index (χ3v) is 5.30. The maximum Gasteiger partial charge on any atom is 0.274 e. The minimum Gasteiger partial charge on any atom is -0.369 e. The minimum absolute atomic E-state index is 0.0374. The second kappa shape index (κ2) is 7.08. The van der Waals surface area contributed by atoms with Crippen molar-refractivity contribution in [3.8, 4) is 0 Å². The van der Waals surface area contributed by atoms with E-state index < -0.39 is 0 Å². The molecule has 0 unspecified atom stereocenters. The Morgan fingerprint density at radius 3 is 2.69 bits per heavy atom. The molecule has 2 atom stereocenters. The molecule has 2 aliphatic heterocycles. The van der Waals surface area contributed by atoms with Gasteiger partial charge in [-0.25, -0.2) is 0 Å². The SMILES string of the molecule is C[C@@H]1Cc2c(C(=O)N3CCC(=Cc4ccccc4)CC3)n[nH]c2[C@H](C)O1. The molecule has 0 spiro atoms. The van der Waals surface area contributed by atoms with E-state index >= 15 is 0 Å². The molecule has 1 saturated heterocycles. The van der Waals surface area contributed by atoms with Crippen molar-refractivity contribution >= 4 is 12.0 Å². The number of hydrogen-bond acceptors (Lipinski definition) is 3. The zero-order chi connectivity index (χ0) is 18.1. The predicted molar refractivity (Wildman–Crippen MR) is 101 cm³/mol. The fraction of sp³-hybridized carbons (Fsp3) is 0.429. The Balaban J connectivity index is 1.46. The molecule has 1 aromatic heterocycles. The molecule has 26 heavy (non-hydrogen) atoms. The number of carbonyl (C=O) groups excluding carboxylic acids is 1. The van der Waals surface area contributed by atoms with E-state index in [9.17, 15) is 4.79 Å². The molecule has 2 aliphatic rings. The number of ether oxygens (including phenoxy) is 1. The zero-order valence-electron chi connectivity index (χ0n) is 15.4. The van der Waals surface area contributed by atoms with E-state index in [0.717, 1.165) is 43.6 Å². The maximum absolute atomic E-state index is 13.0. The first kappa shape index (κ1) is 17.0. The molecule has 0 aliphatic carbocycles. The van der Waals surface area contributed by atoms with Crippen LogP contribution >= 0.6 is 0 Å². The monoisotopic (exact) mass is 351 g/mol. The Bertz CT molecular complexity index is 815. The van der Waals surface area contributed by atoms with Crippen molar-refractivity contribution in [2.75, 3.05) is 13.1 Å². The topological polar surface area (TPSA) is 58.2 Å². The minimum atomic E-state index is -0.0374. The summed E-state index contributed by atoms with van der Waals surface area (Å²) in [7, 11) is 0. The quantitative estimate of drug-likeness (QED) is 0.896.